The normalized spacial score (nSPS) is 17.7. The van der Waals surface area contributed by atoms with Gasteiger partial charge in [0.2, 0.25) is 5.91 Å². The van der Waals surface area contributed by atoms with E-state index in [0.717, 1.165) is 39.6 Å². The lowest BCUT2D eigenvalue weighted by Gasteiger charge is -2.25. The van der Waals surface area contributed by atoms with Crippen LogP contribution in [0.4, 0.5) is 28.9 Å². The van der Waals surface area contributed by atoms with Gasteiger partial charge in [0.05, 0.1) is 5.41 Å². The van der Waals surface area contributed by atoms with E-state index in [1.165, 1.54) is 6.07 Å². The first-order chi connectivity index (χ1) is 14.6. The molecule has 1 aliphatic heterocycles. The SMILES string of the molecule is Cc1cc(N2CCSc3cc(F)ccc3C2)cc(C)c1NC(=O)CC1(C(F)(F)F)CC1. The Balaban J connectivity index is 1.51. The summed E-state index contributed by atoms with van der Waals surface area (Å²) in [5.74, 6) is -0.0343. The summed E-state index contributed by atoms with van der Waals surface area (Å²) in [6, 6.07) is 8.72. The molecule has 0 spiro atoms. The molecule has 0 atom stereocenters. The molecular weight excluding hydrogens is 428 g/mol. The zero-order valence-corrected chi connectivity index (χ0v) is 18.2. The molecule has 31 heavy (non-hydrogen) atoms. The fourth-order valence-electron chi connectivity index (χ4n) is 4.09. The fraction of sp³-hybridized carbons (Fsp3) is 0.435. The minimum absolute atomic E-state index is 0.0131. The first-order valence-corrected chi connectivity index (χ1v) is 11.2. The Morgan fingerprint density at radius 2 is 1.84 bits per heavy atom. The van der Waals surface area contributed by atoms with Crippen molar-refractivity contribution in [1.29, 1.82) is 0 Å². The van der Waals surface area contributed by atoms with E-state index in [1.54, 1.807) is 23.9 Å². The van der Waals surface area contributed by atoms with Gasteiger partial charge in [-0.15, -0.1) is 11.8 Å². The number of carbonyl (C=O) groups excluding carboxylic acids is 1. The summed E-state index contributed by atoms with van der Waals surface area (Å²) < 4.78 is 53.0. The molecule has 2 aromatic carbocycles. The molecule has 4 rings (SSSR count). The summed E-state index contributed by atoms with van der Waals surface area (Å²) in [7, 11) is 0. The first kappa shape index (κ1) is 22.0. The van der Waals surface area contributed by atoms with Gasteiger partial charge < -0.3 is 10.2 Å². The summed E-state index contributed by atoms with van der Waals surface area (Å²) in [4.78, 5) is 15.5. The van der Waals surface area contributed by atoms with Crippen molar-refractivity contribution in [2.75, 3.05) is 22.5 Å². The monoisotopic (exact) mass is 452 g/mol. The van der Waals surface area contributed by atoms with Crippen molar-refractivity contribution < 1.29 is 22.4 Å². The van der Waals surface area contributed by atoms with Gasteiger partial charge in [0.15, 0.2) is 0 Å². The molecule has 1 heterocycles. The lowest BCUT2D eigenvalue weighted by atomic mass is 10.0. The van der Waals surface area contributed by atoms with E-state index in [0.29, 0.717) is 12.2 Å². The van der Waals surface area contributed by atoms with Crippen LogP contribution in [-0.2, 0) is 11.3 Å². The molecule has 1 N–H and O–H groups in total. The van der Waals surface area contributed by atoms with Crippen molar-refractivity contribution in [3.8, 4) is 0 Å². The van der Waals surface area contributed by atoms with Crippen molar-refractivity contribution in [3.63, 3.8) is 0 Å². The molecule has 166 valence electrons. The minimum Gasteiger partial charge on any atom is -0.366 e. The Hall–Kier alpha value is -2.22. The number of halogens is 4. The lowest BCUT2D eigenvalue weighted by molar-refractivity contribution is -0.189. The maximum atomic E-state index is 13.6. The molecule has 3 nitrogen and oxygen atoms in total. The Labute approximate surface area is 183 Å². The smallest absolute Gasteiger partial charge is 0.366 e. The molecule has 0 saturated heterocycles. The van der Waals surface area contributed by atoms with Crippen molar-refractivity contribution in [2.45, 2.75) is 50.7 Å². The van der Waals surface area contributed by atoms with Crippen molar-refractivity contribution >= 4 is 29.0 Å². The Bertz CT molecular complexity index is 994. The van der Waals surface area contributed by atoms with Gasteiger partial charge in [0.1, 0.15) is 5.82 Å². The highest BCUT2D eigenvalue weighted by molar-refractivity contribution is 7.99. The van der Waals surface area contributed by atoms with Gasteiger partial charge in [-0.1, -0.05) is 6.07 Å². The predicted octanol–water partition coefficient (Wildman–Crippen LogP) is 6.23. The second-order valence-electron chi connectivity index (χ2n) is 8.48. The van der Waals surface area contributed by atoms with Crippen LogP contribution in [0.1, 0.15) is 36.0 Å². The minimum atomic E-state index is -4.34. The van der Waals surface area contributed by atoms with E-state index in [1.807, 2.05) is 26.0 Å². The molecule has 0 radical (unpaired) electrons. The number of nitrogens with one attached hydrogen (secondary N) is 1. The number of hydrogen-bond donors (Lipinski definition) is 1. The van der Waals surface area contributed by atoms with Crippen LogP contribution < -0.4 is 10.2 Å². The highest BCUT2D eigenvalue weighted by atomic mass is 32.2. The van der Waals surface area contributed by atoms with E-state index < -0.39 is 23.9 Å². The van der Waals surface area contributed by atoms with Crippen molar-refractivity contribution in [2.24, 2.45) is 5.41 Å². The van der Waals surface area contributed by atoms with Crippen LogP contribution >= 0.6 is 11.8 Å². The molecule has 8 heteroatoms. The third-order valence-corrected chi connectivity index (χ3v) is 7.19. The lowest BCUT2D eigenvalue weighted by Crippen LogP contribution is -2.30. The molecular formula is C23H24F4N2OS. The number of benzene rings is 2. The summed E-state index contributed by atoms with van der Waals surface area (Å²) in [6.07, 6.45) is -4.85. The van der Waals surface area contributed by atoms with Gasteiger partial charge in [-0.05, 0) is 67.6 Å². The topological polar surface area (TPSA) is 32.3 Å². The summed E-state index contributed by atoms with van der Waals surface area (Å²) >= 11 is 1.62. The maximum Gasteiger partial charge on any atom is 0.395 e. The zero-order valence-electron chi connectivity index (χ0n) is 17.4. The average molecular weight is 453 g/mol. The molecule has 1 saturated carbocycles. The molecule has 2 aliphatic rings. The Morgan fingerprint density at radius 3 is 2.45 bits per heavy atom. The summed E-state index contributed by atoms with van der Waals surface area (Å²) in [6.45, 7) is 5.11. The molecule has 0 bridgehead atoms. The van der Waals surface area contributed by atoms with Gasteiger partial charge in [0.25, 0.3) is 0 Å². The highest BCUT2D eigenvalue weighted by Gasteiger charge is 2.63. The third kappa shape index (κ3) is 4.54. The number of nitrogens with zero attached hydrogens (tertiary/aromatic N) is 1. The first-order valence-electron chi connectivity index (χ1n) is 10.2. The Morgan fingerprint density at radius 1 is 1.16 bits per heavy atom. The van der Waals surface area contributed by atoms with Crippen LogP contribution in [-0.4, -0.2) is 24.4 Å². The van der Waals surface area contributed by atoms with Gasteiger partial charge in [-0.25, -0.2) is 4.39 Å². The van der Waals surface area contributed by atoms with Crippen molar-refractivity contribution in [3.05, 3.63) is 52.8 Å². The van der Waals surface area contributed by atoms with E-state index in [4.69, 9.17) is 0 Å². The molecule has 2 aromatic rings. The van der Waals surface area contributed by atoms with Gasteiger partial charge in [-0.3, -0.25) is 4.79 Å². The van der Waals surface area contributed by atoms with Crippen LogP contribution in [0.5, 0.6) is 0 Å². The van der Waals surface area contributed by atoms with E-state index >= 15 is 0 Å². The quantitative estimate of drug-likeness (QED) is 0.559. The zero-order chi connectivity index (χ0) is 22.4. The van der Waals surface area contributed by atoms with Crippen molar-refractivity contribution in [1.82, 2.24) is 0 Å². The standard InChI is InChI=1S/C23H24F4N2OS/c1-14-9-18(29-7-8-31-19-11-17(24)4-3-16(19)13-29)10-15(2)21(14)28-20(30)12-22(5-6-22)23(25,26)27/h3-4,9-11H,5-8,12-13H2,1-2H3,(H,28,30). The number of hydrogen-bond acceptors (Lipinski definition) is 3. The number of carbonyl (C=O) groups is 1. The maximum absolute atomic E-state index is 13.6. The number of anilines is 2. The second kappa shape index (κ2) is 8.04. The molecule has 0 unspecified atom stereocenters. The van der Waals surface area contributed by atoms with Gasteiger partial charge >= 0.3 is 6.18 Å². The van der Waals surface area contributed by atoms with Crippen LogP contribution in [0.15, 0.2) is 35.2 Å². The second-order valence-corrected chi connectivity index (χ2v) is 9.62. The predicted molar refractivity (Wildman–Crippen MR) is 115 cm³/mol. The Kier molecular flexibility index (Phi) is 5.70. The number of alkyl halides is 3. The highest BCUT2D eigenvalue weighted by Crippen LogP contribution is 2.60. The third-order valence-electron chi connectivity index (χ3n) is 6.11. The van der Waals surface area contributed by atoms with Crippen LogP contribution in [0.25, 0.3) is 0 Å². The number of rotatable bonds is 4. The molecule has 1 amide bonds. The van der Waals surface area contributed by atoms with E-state index in [9.17, 15) is 22.4 Å². The largest absolute Gasteiger partial charge is 0.395 e. The molecule has 1 aliphatic carbocycles. The van der Waals surface area contributed by atoms with Gasteiger partial charge in [0, 0.05) is 41.5 Å². The summed E-state index contributed by atoms with van der Waals surface area (Å²) in [5, 5.41) is 2.71. The number of aryl methyl sites for hydroxylation is 2. The average Bonchev–Trinajstić information content (AvgIpc) is 3.48. The number of fused-ring (bicyclic) bond motifs is 1. The fourth-order valence-corrected chi connectivity index (χ4v) is 5.13. The van der Waals surface area contributed by atoms with Crippen LogP contribution in [0, 0.1) is 25.1 Å². The number of amides is 1. The molecule has 0 aromatic heterocycles. The van der Waals surface area contributed by atoms with E-state index in [-0.39, 0.29) is 18.7 Å². The molecule has 1 fully saturated rings. The van der Waals surface area contributed by atoms with Crippen LogP contribution in [0.2, 0.25) is 0 Å². The number of thioether (sulfide) groups is 1. The van der Waals surface area contributed by atoms with E-state index in [2.05, 4.69) is 10.2 Å². The van der Waals surface area contributed by atoms with Crippen LogP contribution in [0.3, 0.4) is 0 Å². The summed E-state index contributed by atoms with van der Waals surface area (Å²) in [5.41, 5.74) is 2.35. The van der Waals surface area contributed by atoms with Gasteiger partial charge in [-0.2, -0.15) is 13.2 Å².